The SMILES string of the molecule is CC/C=C\C/C=C\C/C=C\C/C=C\C/C=C\C/C=C\C/C=C\C/C=C\C/C=C\C/C=C\C/C=C\CCCCCC(=O)NC(COC1OC(CO)C(OC2OC(CO)C(OC3OC(CO)C(O)C(O)C3O)C(O)C2O)C(O)C1O)C(O)CCCCCCCCCCCCCCCCCC. The summed E-state index contributed by atoms with van der Waals surface area (Å²) >= 11 is 0. The molecule has 3 fully saturated rings. The Morgan fingerprint density at radius 2 is 0.704 bits per heavy atom. The summed E-state index contributed by atoms with van der Waals surface area (Å²) in [6.45, 7) is 1.65. The van der Waals surface area contributed by atoms with E-state index in [4.69, 9.17) is 28.4 Å². The molecule has 3 rings (SSSR count). The molecular weight excluding hydrogens is 1250 g/mol. The van der Waals surface area contributed by atoms with Crippen LogP contribution in [0.5, 0.6) is 0 Å². The number of aliphatic hydroxyl groups excluding tert-OH is 11. The number of unbranched alkanes of at least 4 members (excludes halogenated alkanes) is 18. The van der Waals surface area contributed by atoms with Gasteiger partial charge in [0.05, 0.1) is 38.6 Å². The fourth-order valence-corrected chi connectivity index (χ4v) is 11.7. The summed E-state index contributed by atoms with van der Waals surface area (Å²) in [6, 6.07) is -0.916. The normalized spacial score (nSPS) is 27.5. The lowest BCUT2D eigenvalue weighted by Crippen LogP contribution is -2.66. The van der Waals surface area contributed by atoms with Gasteiger partial charge in [0, 0.05) is 6.42 Å². The Kier molecular flexibility index (Phi) is 52.6. The minimum absolute atomic E-state index is 0.217. The van der Waals surface area contributed by atoms with Crippen molar-refractivity contribution in [1.82, 2.24) is 5.32 Å². The van der Waals surface area contributed by atoms with Crippen LogP contribution in [-0.2, 0) is 33.2 Å². The molecule has 560 valence electrons. The molecule has 19 nitrogen and oxygen atoms in total. The fourth-order valence-electron chi connectivity index (χ4n) is 11.7. The number of rotatable bonds is 56. The van der Waals surface area contributed by atoms with Crippen LogP contribution in [0.1, 0.15) is 226 Å². The zero-order valence-electron chi connectivity index (χ0n) is 59.5. The average Bonchev–Trinajstić information content (AvgIpc) is 0.784. The first kappa shape index (κ1) is 88.1. The number of ether oxygens (including phenoxy) is 6. The number of carbonyl (C=O) groups is 1. The highest BCUT2D eigenvalue weighted by molar-refractivity contribution is 5.76. The predicted octanol–water partition coefficient (Wildman–Crippen LogP) is 11.3. The minimum atomic E-state index is -1.98. The van der Waals surface area contributed by atoms with Crippen LogP contribution in [0, 0.1) is 0 Å². The first-order valence-electron chi connectivity index (χ1n) is 37.4. The van der Waals surface area contributed by atoms with Gasteiger partial charge >= 0.3 is 0 Å². The van der Waals surface area contributed by atoms with Crippen LogP contribution in [0.4, 0.5) is 0 Å². The van der Waals surface area contributed by atoms with Gasteiger partial charge < -0.3 is 89.9 Å². The molecule has 98 heavy (non-hydrogen) atoms. The number of amides is 1. The Balaban J connectivity index is 1.38. The van der Waals surface area contributed by atoms with Crippen molar-refractivity contribution in [1.29, 1.82) is 0 Å². The standard InChI is InChI=1S/C79H131NO18/c1-3-5-7-9-11-13-15-17-19-21-22-23-24-25-26-27-28-29-30-31-32-33-34-35-36-37-38-39-40-41-43-45-47-49-51-53-55-57-67(85)80-62(63(84)56-54-52-50-48-46-44-42-20-18-16-14-12-10-8-6-4-2)61-93-77-73(91)70(88)75(65(59-82)95-77)98-79-74(92)71(89)76(66(60-83)96-79)97-78-72(90)69(87)68(86)64(58-81)94-78/h5,7,11,13,17,19,22-23,25-26,28-29,31-32,34-35,37-38,40-41,45,47,62-66,68-79,81-84,86-92H,3-4,6,8-10,12,14-16,18,20-21,24,27,30,33,36,39,42-44,46,48-61H2,1-2H3,(H,80,85)/b7-5-,13-11-,19-17-,23-22-,26-25-,29-28-,32-31-,35-34-,38-37-,41-40-,47-45-. The molecule has 3 aliphatic rings. The van der Waals surface area contributed by atoms with Crippen LogP contribution >= 0.6 is 0 Å². The number of allylic oxidation sites excluding steroid dienone is 22. The molecule has 0 aliphatic carbocycles. The van der Waals surface area contributed by atoms with Crippen LogP contribution in [0.15, 0.2) is 134 Å². The number of nitrogens with one attached hydrogen (secondary N) is 1. The molecular formula is C79H131NO18. The van der Waals surface area contributed by atoms with E-state index in [1.807, 2.05) is 0 Å². The molecule has 0 aromatic heterocycles. The topological polar surface area (TPSA) is 307 Å². The van der Waals surface area contributed by atoms with Crippen LogP contribution in [0.2, 0.25) is 0 Å². The maximum absolute atomic E-state index is 13.4. The molecule has 3 saturated heterocycles. The van der Waals surface area contributed by atoms with Gasteiger partial charge in [0.2, 0.25) is 5.91 Å². The first-order valence-corrected chi connectivity index (χ1v) is 37.4. The first-order chi connectivity index (χ1) is 47.8. The van der Waals surface area contributed by atoms with Crippen molar-refractivity contribution in [2.45, 2.75) is 330 Å². The van der Waals surface area contributed by atoms with Gasteiger partial charge in [-0.3, -0.25) is 4.79 Å². The molecule has 0 spiro atoms. The largest absolute Gasteiger partial charge is 0.394 e. The van der Waals surface area contributed by atoms with Gasteiger partial charge in [-0.25, -0.2) is 0 Å². The molecule has 12 N–H and O–H groups in total. The van der Waals surface area contributed by atoms with E-state index in [2.05, 4.69) is 153 Å². The van der Waals surface area contributed by atoms with Gasteiger partial charge in [0.15, 0.2) is 18.9 Å². The van der Waals surface area contributed by atoms with Crippen LogP contribution in [-0.4, -0.2) is 193 Å². The van der Waals surface area contributed by atoms with E-state index in [0.29, 0.717) is 19.3 Å². The third-order valence-electron chi connectivity index (χ3n) is 17.7. The van der Waals surface area contributed by atoms with E-state index in [1.165, 1.54) is 77.0 Å². The van der Waals surface area contributed by atoms with E-state index in [9.17, 15) is 61.0 Å². The predicted molar refractivity (Wildman–Crippen MR) is 387 cm³/mol. The Hall–Kier alpha value is -4.07. The highest BCUT2D eigenvalue weighted by Crippen LogP contribution is 2.33. The molecule has 0 bridgehead atoms. The maximum Gasteiger partial charge on any atom is 0.220 e. The molecule has 17 atom stereocenters. The van der Waals surface area contributed by atoms with Crippen molar-refractivity contribution in [2.75, 3.05) is 26.4 Å². The number of carbonyl (C=O) groups excluding carboxylic acids is 1. The van der Waals surface area contributed by atoms with Gasteiger partial charge in [0.25, 0.3) is 0 Å². The maximum atomic E-state index is 13.4. The second kappa shape index (κ2) is 58.4. The van der Waals surface area contributed by atoms with Gasteiger partial charge in [-0.2, -0.15) is 0 Å². The molecule has 3 heterocycles. The highest BCUT2D eigenvalue weighted by Gasteiger charge is 2.53. The molecule has 17 unspecified atom stereocenters. The quantitative estimate of drug-likeness (QED) is 0.0199. The molecule has 0 radical (unpaired) electrons. The number of hydrogen-bond acceptors (Lipinski definition) is 18. The second-order valence-corrected chi connectivity index (χ2v) is 26.0. The van der Waals surface area contributed by atoms with E-state index >= 15 is 0 Å². The van der Waals surface area contributed by atoms with Crippen molar-refractivity contribution in [2.24, 2.45) is 0 Å². The summed E-state index contributed by atoms with van der Waals surface area (Å²) in [7, 11) is 0. The zero-order valence-corrected chi connectivity index (χ0v) is 59.5. The Labute approximate surface area is 588 Å². The summed E-state index contributed by atoms with van der Waals surface area (Å²) in [5, 5.41) is 121. The third-order valence-corrected chi connectivity index (χ3v) is 17.7. The molecule has 3 aliphatic heterocycles. The van der Waals surface area contributed by atoms with Crippen LogP contribution in [0.3, 0.4) is 0 Å². The lowest BCUT2D eigenvalue weighted by atomic mass is 9.96. The molecule has 0 aromatic carbocycles. The number of hydrogen-bond donors (Lipinski definition) is 12. The van der Waals surface area contributed by atoms with Gasteiger partial charge in [-0.05, 0) is 96.3 Å². The Morgan fingerprint density at radius 3 is 1.09 bits per heavy atom. The summed E-state index contributed by atoms with van der Waals surface area (Å²) in [6.07, 6.45) is 55.3. The van der Waals surface area contributed by atoms with Crippen LogP contribution in [0.25, 0.3) is 0 Å². The highest BCUT2D eigenvalue weighted by atomic mass is 16.8. The third kappa shape index (κ3) is 38.8. The monoisotopic (exact) mass is 1380 g/mol. The smallest absolute Gasteiger partial charge is 0.220 e. The van der Waals surface area contributed by atoms with Crippen molar-refractivity contribution >= 4 is 5.91 Å². The van der Waals surface area contributed by atoms with Gasteiger partial charge in [0.1, 0.15) is 73.2 Å². The van der Waals surface area contributed by atoms with Crippen LogP contribution < -0.4 is 5.32 Å². The Bertz CT molecular complexity index is 2290. The van der Waals surface area contributed by atoms with Gasteiger partial charge in [-0.15, -0.1) is 0 Å². The summed E-state index contributed by atoms with van der Waals surface area (Å²) < 4.78 is 34.4. The molecule has 1 amide bonds. The summed E-state index contributed by atoms with van der Waals surface area (Å²) in [5.74, 6) is -0.280. The lowest BCUT2D eigenvalue weighted by molar-refractivity contribution is -0.379. The molecule has 0 saturated carbocycles. The fraction of sp³-hybridized carbons (Fsp3) is 0.709. The summed E-state index contributed by atoms with van der Waals surface area (Å²) in [5.41, 5.74) is 0. The van der Waals surface area contributed by atoms with E-state index in [0.717, 1.165) is 109 Å². The lowest BCUT2D eigenvalue weighted by Gasteiger charge is -2.48. The number of aliphatic hydroxyl groups is 11. The Morgan fingerprint density at radius 1 is 0.378 bits per heavy atom. The minimum Gasteiger partial charge on any atom is -0.394 e. The van der Waals surface area contributed by atoms with Gasteiger partial charge in [-0.1, -0.05) is 257 Å². The van der Waals surface area contributed by atoms with Crippen molar-refractivity contribution in [3.63, 3.8) is 0 Å². The van der Waals surface area contributed by atoms with Crippen molar-refractivity contribution in [3.05, 3.63) is 134 Å². The summed E-state index contributed by atoms with van der Waals surface area (Å²) in [4.78, 5) is 13.4. The zero-order chi connectivity index (χ0) is 71.1. The van der Waals surface area contributed by atoms with E-state index < -0.39 is 124 Å². The van der Waals surface area contributed by atoms with E-state index in [-0.39, 0.29) is 18.9 Å². The second-order valence-electron chi connectivity index (χ2n) is 26.0. The average molecular weight is 1380 g/mol. The van der Waals surface area contributed by atoms with Crippen molar-refractivity contribution in [3.8, 4) is 0 Å². The van der Waals surface area contributed by atoms with E-state index in [1.54, 1.807) is 0 Å². The molecule has 0 aromatic rings. The molecule has 19 heteroatoms. The van der Waals surface area contributed by atoms with Crippen molar-refractivity contribution < 1.29 is 89.4 Å².